The van der Waals surface area contributed by atoms with Crippen LogP contribution in [-0.2, 0) is 12.8 Å². The normalized spacial score (nSPS) is 11.0. The first-order valence-electron chi connectivity index (χ1n) is 7.49. The molecular weight excluding hydrogens is 328 g/mol. The number of aryl methyl sites for hydroxylation is 2. The molecule has 124 valence electrons. The summed E-state index contributed by atoms with van der Waals surface area (Å²) in [5, 5.41) is 9.39. The third-order valence-electron chi connectivity index (χ3n) is 3.65. The van der Waals surface area contributed by atoms with Crippen LogP contribution < -0.4 is 11.3 Å². The summed E-state index contributed by atoms with van der Waals surface area (Å²) >= 11 is 1.49. The van der Waals surface area contributed by atoms with Crippen molar-refractivity contribution >= 4 is 33.5 Å². The Morgan fingerprint density at radius 3 is 2.79 bits per heavy atom. The topological polar surface area (TPSA) is 122 Å². The first kappa shape index (κ1) is 16.1. The van der Waals surface area contributed by atoms with Gasteiger partial charge in [0, 0.05) is 11.1 Å². The summed E-state index contributed by atoms with van der Waals surface area (Å²) in [5.41, 5.74) is 6.42. The van der Waals surface area contributed by atoms with Gasteiger partial charge in [0.15, 0.2) is 0 Å². The smallest absolute Gasteiger partial charge is 0.354 e. The van der Waals surface area contributed by atoms with Gasteiger partial charge in [-0.2, -0.15) is 0 Å². The summed E-state index contributed by atoms with van der Waals surface area (Å²) in [4.78, 5) is 34.8. The highest BCUT2D eigenvalue weighted by molar-refractivity contribution is 7.18. The van der Waals surface area contributed by atoms with E-state index in [-0.39, 0.29) is 17.2 Å². The number of hydrogen-bond donors (Lipinski definition) is 3. The zero-order valence-electron chi connectivity index (χ0n) is 12.8. The van der Waals surface area contributed by atoms with Gasteiger partial charge in [-0.1, -0.05) is 6.07 Å². The average molecular weight is 344 g/mol. The Balaban J connectivity index is 1.56. The third kappa shape index (κ3) is 3.60. The number of aromatic nitrogens is 3. The number of nitrogens with one attached hydrogen (secondary N) is 1. The number of nitrogens with zero attached hydrogens (tertiary/aromatic N) is 2. The van der Waals surface area contributed by atoms with Gasteiger partial charge in [-0.15, -0.1) is 11.3 Å². The van der Waals surface area contributed by atoms with Gasteiger partial charge in [0.1, 0.15) is 10.5 Å². The molecule has 3 aromatic rings. The number of carboxylic acids is 1. The van der Waals surface area contributed by atoms with Gasteiger partial charge in [-0.25, -0.2) is 14.8 Å². The van der Waals surface area contributed by atoms with E-state index < -0.39 is 5.97 Å². The summed E-state index contributed by atoms with van der Waals surface area (Å²) < 4.78 is 0. The number of carbonyl (C=O) groups is 1. The van der Waals surface area contributed by atoms with Crippen LogP contribution in [-0.4, -0.2) is 26.0 Å². The van der Waals surface area contributed by atoms with Crippen LogP contribution in [0.5, 0.6) is 0 Å². The fourth-order valence-corrected chi connectivity index (χ4v) is 3.53. The number of thiophene rings is 1. The largest absolute Gasteiger partial charge is 0.477 e. The molecule has 8 heteroatoms. The highest BCUT2D eigenvalue weighted by Crippen LogP contribution is 2.23. The number of anilines is 1. The maximum atomic E-state index is 11.8. The molecule has 0 radical (unpaired) electrons. The molecule has 0 aromatic carbocycles. The summed E-state index contributed by atoms with van der Waals surface area (Å²) in [6.07, 6.45) is 5.22. The number of nitrogens with two attached hydrogens (primary N) is 1. The minimum atomic E-state index is -1.02. The van der Waals surface area contributed by atoms with Gasteiger partial charge in [-0.3, -0.25) is 9.78 Å². The van der Waals surface area contributed by atoms with Gasteiger partial charge in [0.2, 0.25) is 5.95 Å². The van der Waals surface area contributed by atoms with Crippen molar-refractivity contribution in [1.29, 1.82) is 0 Å². The van der Waals surface area contributed by atoms with Crippen molar-refractivity contribution in [1.82, 2.24) is 15.0 Å². The molecule has 24 heavy (non-hydrogen) atoms. The molecule has 3 heterocycles. The standard InChI is InChI=1S/C16H16N4O3S/c17-16-19-13(21)11-7-10(24-14(11)20-16)4-2-1-3-9-5-6-12(15(22)23)18-8-9/h5-8H,1-4H2,(H,22,23)(H3,17,19,20,21). The van der Waals surface area contributed by atoms with Gasteiger partial charge in [0.05, 0.1) is 5.39 Å². The lowest BCUT2D eigenvalue weighted by molar-refractivity contribution is 0.0690. The number of fused-ring (bicyclic) bond motifs is 1. The van der Waals surface area contributed by atoms with E-state index >= 15 is 0 Å². The van der Waals surface area contributed by atoms with Gasteiger partial charge in [-0.05, 0) is 43.4 Å². The highest BCUT2D eigenvalue weighted by Gasteiger charge is 2.08. The number of H-pyrrole nitrogens is 1. The fourth-order valence-electron chi connectivity index (χ4n) is 2.45. The maximum Gasteiger partial charge on any atom is 0.354 e. The first-order chi connectivity index (χ1) is 11.5. The van der Waals surface area contributed by atoms with Crippen molar-refractivity contribution in [2.45, 2.75) is 25.7 Å². The van der Waals surface area contributed by atoms with E-state index in [0.29, 0.717) is 10.2 Å². The zero-order valence-corrected chi connectivity index (χ0v) is 13.6. The van der Waals surface area contributed by atoms with Crippen LogP contribution >= 0.6 is 11.3 Å². The van der Waals surface area contributed by atoms with Crippen molar-refractivity contribution in [2.75, 3.05) is 5.73 Å². The van der Waals surface area contributed by atoms with E-state index in [1.165, 1.54) is 17.4 Å². The Labute approximate surface area is 141 Å². The van der Waals surface area contributed by atoms with Gasteiger partial charge < -0.3 is 10.8 Å². The first-order valence-corrected chi connectivity index (χ1v) is 8.31. The number of aromatic amines is 1. The molecule has 4 N–H and O–H groups in total. The molecule has 0 unspecified atom stereocenters. The molecule has 0 amide bonds. The fraction of sp³-hybridized carbons (Fsp3) is 0.250. The van der Waals surface area contributed by atoms with E-state index in [9.17, 15) is 9.59 Å². The Kier molecular flexibility index (Phi) is 4.57. The predicted molar refractivity (Wildman–Crippen MR) is 92.5 cm³/mol. The van der Waals surface area contributed by atoms with Crippen LogP contribution in [0.1, 0.15) is 33.8 Å². The summed E-state index contributed by atoms with van der Waals surface area (Å²) in [5.74, 6) is -0.881. The minimum absolute atomic E-state index is 0.0565. The maximum absolute atomic E-state index is 11.8. The average Bonchev–Trinajstić information content (AvgIpc) is 2.95. The molecule has 0 saturated heterocycles. The Bertz CT molecular complexity index is 931. The second-order valence-corrected chi connectivity index (χ2v) is 6.56. The van der Waals surface area contributed by atoms with Crippen molar-refractivity contribution in [3.05, 3.63) is 50.9 Å². The van der Waals surface area contributed by atoms with Crippen LogP contribution in [0.15, 0.2) is 29.2 Å². The molecule has 0 spiro atoms. The molecule has 3 aromatic heterocycles. The van der Waals surface area contributed by atoms with Gasteiger partial charge in [0.25, 0.3) is 5.56 Å². The lowest BCUT2D eigenvalue weighted by Gasteiger charge is -2.01. The van der Waals surface area contributed by atoms with E-state index in [1.54, 1.807) is 12.3 Å². The summed E-state index contributed by atoms with van der Waals surface area (Å²) in [6, 6.07) is 5.18. The van der Waals surface area contributed by atoms with E-state index in [4.69, 9.17) is 10.8 Å². The quantitative estimate of drug-likeness (QED) is 0.589. The Hall–Kier alpha value is -2.74. The lowest BCUT2D eigenvalue weighted by atomic mass is 10.1. The number of hydrogen-bond acceptors (Lipinski definition) is 6. The molecule has 0 bridgehead atoms. The van der Waals surface area contributed by atoms with E-state index in [0.717, 1.165) is 36.1 Å². The second kappa shape index (κ2) is 6.79. The Morgan fingerprint density at radius 2 is 2.08 bits per heavy atom. The highest BCUT2D eigenvalue weighted by atomic mass is 32.1. The molecule has 0 fully saturated rings. The van der Waals surface area contributed by atoms with Crippen LogP contribution in [0.2, 0.25) is 0 Å². The number of pyridine rings is 1. The minimum Gasteiger partial charge on any atom is -0.477 e. The monoisotopic (exact) mass is 344 g/mol. The van der Waals surface area contributed by atoms with Crippen molar-refractivity contribution in [3.8, 4) is 0 Å². The molecule has 0 aliphatic carbocycles. The zero-order chi connectivity index (χ0) is 17.1. The number of unbranched alkanes of at least 4 members (excludes halogenated alkanes) is 1. The van der Waals surface area contributed by atoms with Crippen LogP contribution in [0, 0.1) is 0 Å². The Morgan fingerprint density at radius 1 is 1.29 bits per heavy atom. The molecule has 3 rings (SSSR count). The van der Waals surface area contributed by atoms with Crippen LogP contribution in [0.4, 0.5) is 5.95 Å². The van der Waals surface area contributed by atoms with Gasteiger partial charge >= 0.3 is 5.97 Å². The second-order valence-electron chi connectivity index (χ2n) is 5.45. The molecular formula is C16H16N4O3S. The lowest BCUT2D eigenvalue weighted by Crippen LogP contribution is -2.09. The molecule has 0 saturated carbocycles. The molecule has 0 aliphatic heterocycles. The molecule has 7 nitrogen and oxygen atoms in total. The molecule has 0 atom stereocenters. The third-order valence-corrected chi connectivity index (χ3v) is 4.74. The number of carboxylic acid groups (broad SMARTS) is 1. The van der Waals surface area contributed by atoms with Crippen molar-refractivity contribution in [2.24, 2.45) is 0 Å². The SMILES string of the molecule is Nc1nc2sc(CCCCc3ccc(C(=O)O)nc3)cc2c(=O)[nH]1. The summed E-state index contributed by atoms with van der Waals surface area (Å²) in [7, 11) is 0. The molecule has 0 aliphatic rings. The van der Waals surface area contributed by atoms with Crippen molar-refractivity contribution in [3.63, 3.8) is 0 Å². The number of aromatic carboxylic acids is 1. The van der Waals surface area contributed by atoms with Crippen LogP contribution in [0.3, 0.4) is 0 Å². The predicted octanol–water partition coefficient (Wildman–Crippen LogP) is 2.23. The summed E-state index contributed by atoms with van der Waals surface area (Å²) in [6.45, 7) is 0. The number of rotatable bonds is 6. The number of nitrogen functional groups attached to an aromatic ring is 1. The van der Waals surface area contributed by atoms with E-state index in [2.05, 4.69) is 15.0 Å². The van der Waals surface area contributed by atoms with Crippen molar-refractivity contribution < 1.29 is 9.90 Å². The van der Waals surface area contributed by atoms with Crippen LogP contribution in [0.25, 0.3) is 10.2 Å². The van der Waals surface area contributed by atoms with E-state index in [1.807, 2.05) is 6.07 Å².